The van der Waals surface area contributed by atoms with Gasteiger partial charge in [-0.2, -0.15) is 0 Å². The number of allylic oxidation sites excluding steroid dienone is 1. The van der Waals surface area contributed by atoms with E-state index in [-0.39, 0.29) is 11.1 Å². The number of H-pyrrole nitrogens is 1. The standard InChI is InChI=1S/C23H22F2N4O/c1-28(2)10-6-7-15-11-17-18(13-27-23(17)26-12-15)22(30)19(14-29(3)4)16-8-5-9-20(24)21(16)25/h5,8-9,11-14H,10H2,1-4H3,(H,26,27)/b19-14-. The monoisotopic (exact) mass is 408 g/mol. The van der Waals surface area contributed by atoms with Crippen LogP contribution in [0.25, 0.3) is 16.6 Å². The summed E-state index contributed by atoms with van der Waals surface area (Å²) in [6, 6.07) is 5.55. The van der Waals surface area contributed by atoms with Crippen molar-refractivity contribution in [1.82, 2.24) is 19.8 Å². The molecule has 7 heteroatoms. The average Bonchev–Trinajstić information content (AvgIpc) is 3.11. The molecule has 0 bridgehead atoms. The van der Waals surface area contributed by atoms with Gasteiger partial charge in [0.1, 0.15) is 5.65 Å². The van der Waals surface area contributed by atoms with E-state index in [1.807, 2.05) is 19.0 Å². The van der Waals surface area contributed by atoms with Crippen molar-refractivity contribution in [1.29, 1.82) is 0 Å². The summed E-state index contributed by atoms with van der Waals surface area (Å²) < 4.78 is 28.3. The van der Waals surface area contributed by atoms with Gasteiger partial charge < -0.3 is 9.88 Å². The molecule has 3 aromatic rings. The van der Waals surface area contributed by atoms with Gasteiger partial charge >= 0.3 is 0 Å². The molecule has 0 amide bonds. The van der Waals surface area contributed by atoms with Crippen molar-refractivity contribution in [3.8, 4) is 11.8 Å². The Kier molecular flexibility index (Phi) is 6.28. The zero-order valence-corrected chi connectivity index (χ0v) is 17.3. The molecule has 30 heavy (non-hydrogen) atoms. The van der Waals surface area contributed by atoms with Crippen LogP contribution in [0.15, 0.2) is 42.9 Å². The Labute approximate surface area is 174 Å². The van der Waals surface area contributed by atoms with Gasteiger partial charge in [0.15, 0.2) is 17.4 Å². The summed E-state index contributed by atoms with van der Waals surface area (Å²) in [5.74, 6) is 3.53. The van der Waals surface area contributed by atoms with Crippen LogP contribution in [0.5, 0.6) is 0 Å². The quantitative estimate of drug-likeness (QED) is 0.399. The van der Waals surface area contributed by atoms with E-state index in [1.165, 1.54) is 24.5 Å². The number of ketones is 1. The first-order valence-electron chi connectivity index (χ1n) is 9.26. The third-order valence-electron chi connectivity index (χ3n) is 4.28. The maximum Gasteiger partial charge on any atom is 0.197 e. The van der Waals surface area contributed by atoms with Crippen LogP contribution in [0.4, 0.5) is 8.78 Å². The number of carbonyl (C=O) groups is 1. The average molecular weight is 408 g/mol. The summed E-state index contributed by atoms with van der Waals surface area (Å²) in [7, 11) is 7.26. The van der Waals surface area contributed by atoms with E-state index in [9.17, 15) is 13.6 Å². The van der Waals surface area contributed by atoms with Gasteiger partial charge in [-0.1, -0.05) is 24.0 Å². The summed E-state index contributed by atoms with van der Waals surface area (Å²) >= 11 is 0. The number of halogens is 2. The Bertz CT molecular complexity index is 1180. The molecule has 0 aliphatic rings. The number of Topliss-reactive ketones (excluding diaryl/α,β-unsaturated/α-hetero) is 1. The van der Waals surface area contributed by atoms with Crippen LogP contribution in [-0.4, -0.2) is 60.3 Å². The van der Waals surface area contributed by atoms with Gasteiger partial charge in [0.2, 0.25) is 0 Å². The number of benzene rings is 1. The van der Waals surface area contributed by atoms with Crippen LogP contribution in [0.1, 0.15) is 21.5 Å². The SMILES string of the molecule is CN(C)/C=C(\C(=O)c1c[nH]c2ncc(C#CCN(C)C)cc12)c1cccc(F)c1F. The molecule has 0 atom stereocenters. The zero-order valence-electron chi connectivity index (χ0n) is 17.3. The van der Waals surface area contributed by atoms with Crippen molar-refractivity contribution in [2.24, 2.45) is 0 Å². The molecular weight excluding hydrogens is 386 g/mol. The fraction of sp³-hybridized carbons (Fsp3) is 0.217. The van der Waals surface area contributed by atoms with Crippen LogP contribution in [0, 0.1) is 23.5 Å². The highest BCUT2D eigenvalue weighted by atomic mass is 19.2. The summed E-state index contributed by atoms with van der Waals surface area (Å²) in [5.41, 5.74) is 1.43. The van der Waals surface area contributed by atoms with Crippen LogP contribution in [0.3, 0.4) is 0 Å². The molecule has 0 saturated carbocycles. The highest BCUT2D eigenvalue weighted by Gasteiger charge is 2.23. The minimum Gasteiger partial charge on any atom is -0.383 e. The van der Waals surface area contributed by atoms with Crippen molar-refractivity contribution >= 4 is 22.4 Å². The predicted molar refractivity (Wildman–Crippen MR) is 114 cm³/mol. The number of nitrogens with zero attached hydrogens (tertiary/aromatic N) is 3. The summed E-state index contributed by atoms with van der Waals surface area (Å²) in [6.45, 7) is 0.589. The highest BCUT2D eigenvalue weighted by Crippen LogP contribution is 2.28. The van der Waals surface area contributed by atoms with Crippen LogP contribution in [0.2, 0.25) is 0 Å². The molecule has 3 rings (SSSR count). The number of pyridine rings is 1. The molecule has 0 unspecified atom stereocenters. The lowest BCUT2D eigenvalue weighted by atomic mass is 9.96. The largest absolute Gasteiger partial charge is 0.383 e. The second-order valence-corrected chi connectivity index (χ2v) is 7.30. The topological polar surface area (TPSA) is 52.2 Å². The third-order valence-corrected chi connectivity index (χ3v) is 4.28. The zero-order chi connectivity index (χ0) is 21.8. The predicted octanol–water partition coefficient (Wildman–Crippen LogP) is 3.54. The smallest absolute Gasteiger partial charge is 0.197 e. The van der Waals surface area contributed by atoms with E-state index >= 15 is 0 Å². The van der Waals surface area contributed by atoms with Crippen molar-refractivity contribution in [2.75, 3.05) is 34.7 Å². The first kappa shape index (κ1) is 21.2. The Hall–Kier alpha value is -3.50. The minimum atomic E-state index is -1.06. The van der Waals surface area contributed by atoms with Crippen molar-refractivity contribution in [3.63, 3.8) is 0 Å². The fourth-order valence-corrected chi connectivity index (χ4v) is 2.92. The summed E-state index contributed by atoms with van der Waals surface area (Å²) in [6.07, 6.45) is 4.63. The lowest BCUT2D eigenvalue weighted by Gasteiger charge is -2.12. The number of hydrogen-bond acceptors (Lipinski definition) is 4. The summed E-state index contributed by atoms with van der Waals surface area (Å²) in [5, 5.41) is 0.568. The lowest BCUT2D eigenvalue weighted by molar-refractivity contribution is 0.105. The molecule has 5 nitrogen and oxygen atoms in total. The van der Waals surface area contributed by atoms with Gasteiger partial charge in [-0.25, -0.2) is 13.8 Å². The van der Waals surface area contributed by atoms with Crippen LogP contribution < -0.4 is 0 Å². The molecule has 154 valence electrons. The van der Waals surface area contributed by atoms with E-state index < -0.39 is 17.4 Å². The molecule has 2 aromatic heterocycles. The van der Waals surface area contributed by atoms with E-state index in [0.717, 1.165) is 6.07 Å². The van der Waals surface area contributed by atoms with Crippen LogP contribution >= 0.6 is 0 Å². The van der Waals surface area contributed by atoms with Crippen molar-refractivity contribution < 1.29 is 13.6 Å². The maximum absolute atomic E-state index is 14.5. The highest BCUT2D eigenvalue weighted by molar-refractivity contribution is 6.32. The Balaban J connectivity index is 2.09. The third kappa shape index (κ3) is 4.56. The minimum absolute atomic E-state index is 0.0435. The van der Waals surface area contributed by atoms with E-state index in [0.29, 0.717) is 28.7 Å². The number of fused-ring (bicyclic) bond motifs is 1. The molecule has 0 saturated heterocycles. The van der Waals surface area contributed by atoms with Gasteiger partial charge in [-0.3, -0.25) is 9.69 Å². The first-order chi connectivity index (χ1) is 14.3. The Morgan fingerprint density at radius 2 is 1.97 bits per heavy atom. The Morgan fingerprint density at radius 1 is 1.20 bits per heavy atom. The molecule has 2 heterocycles. The Morgan fingerprint density at radius 3 is 2.67 bits per heavy atom. The number of carbonyl (C=O) groups excluding carboxylic acids is 1. The van der Waals surface area contributed by atoms with Crippen molar-refractivity contribution in [2.45, 2.75) is 0 Å². The van der Waals surface area contributed by atoms with Crippen molar-refractivity contribution in [3.05, 3.63) is 71.2 Å². The lowest BCUT2D eigenvalue weighted by Crippen LogP contribution is -2.11. The molecule has 0 radical (unpaired) electrons. The first-order valence-corrected chi connectivity index (χ1v) is 9.26. The van der Waals surface area contributed by atoms with E-state index in [2.05, 4.69) is 21.8 Å². The normalized spacial score (nSPS) is 11.5. The second kappa shape index (κ2) is 8.89. The fourth-order valence-electron chi connectivity index (χ4n) is 2.92. The summed E-state index contributed by atoms with van der Waals surface area (Å²) in [4.78, 5) is 24.2. The van der Waals surface area contributed by atoms with Gasteiger partial charge in [0, 0.05) is 60.3 Å². The van der Waals surface area contributed by atoms with Crippen LogP contribution in [-0.2, 0) is 0 Å². The molecule has 0 spiro atoms. The molecule has 0 aliphatic heterocycles. The van der Waals surface area contributed by atoms with Gasteiger partial charge in [0.25, 0.3) is 0 Å². The van der Waals surface area contributed by atoms with Gasteiger partial charge in [0.05, 0.1) is 6.54 Å². The van der Waals surface area contributed by atoms with Gasteiger partial charge in [-0.15, -0.1) is 0 Å². The number of aromatic amines is 1. The number of nitrogens with one attached hydrogen (secondary N) is 1. The molecular formula is C23H22F2N4O. The maximum atomic E-state index is 14.5. The molecule has 1 aromatic carbocycles. The molecule has 0 aliphatic carbocycles. The number of aromatic nitrogens is 2. The molecule has 0 fully saturated rings. The van der Waals surface area contributed by atoms with E-state index in [1.54, 1.807) is 31.3 Å². The number of rotatable bonds is 5. The molecule has 1 N–H and O–H groups in total. The van der Waals surface area contributed by atoms with E-state index in [4.69, 9.17) is 0 Å². The number of hydrogen-bond donors (Lipinski definition) is 1. The second-order valence-electron chi connectivity index (χ2n) is 7.30. The van der Waals surface area contributed by atoms with Gasteiger partial charge in [-0.05, 0) is 26.2 Å².